The number of nitrogens with zero attached hydrogens (tertiary/aromatic N) is 5. The van der Waals surface area contributed by atoms with Crippen molar-refractivity contribution in [3.63, 3.8) is 0 Å². The number of likely N-dealkylation sites (tertiary alicyclic amines) is 1. The Balaban J connectivity index is 1.53. The Bertz CT molecular complexity index is 869. The molecule has 2 aromatic heterocycles. The Hall–Kier alpha value is -2.74. The highest BCUT2D eigenvalue weighted by molar-refractivity contribution is 5.92. The maximum atomic E-state index is 13.0. The molecule has 0 aliphatic carbocycles. The molecule has 1 saturated heterocycles. The number of fused-ring (bicyclic) bond motifs is 2. The molecule has 2 aliphatic heterocycles. The molecule has 8 nitrogen and oxygen atoms in total. The number of ether oxygens (including phenoxy) is 1. The van der Waals surface area contributed by atoms with Gasteiger partial charge in [-0.25, -0.2) is 4.98 Å². The van der Waals surface area contributed by atoms with Crippen molar-refractivity contribution in [2.45, 2.75) is 44.9 Å². The number of hydrogen-bond donors (Lipinski definition) is 0. The van der Waals surface area contributed by atoms with Crippen LogP contribution >= 0.6 is 0 Å². The second-order valence-corrected chi connectivity index (χ2v) is 7.52. The predicted octanol–water partition coefficient (Wildman–Crippen LogP) is 1.68. The third-order valence-electron chi connectivity index (χ3n) is 5.95. The molecule has 8 heteroatoms. The first-order valence-corrected chi connectivity index (χ1v) is 10.3. The average molecular weight is 397 g/mol. The van der Waals surface area contributed by atoms with Crippen LogP contribution in [0.5, 0.6) is 0 Å². The highest BCUT2D eigenvalue weighted by Crippen LogP contribution is 2.40. The SMILES string of the molecule is CCN(CC)C(=O)[C@H]1Cn2ccnc2C2(CCN(C(=O)c3ccccn3)CC2)O1. The molecule has 1 fully saturated rings. The Labute approximate surface area is 170 Å². The number of rotatable bonds is 4. The minimum Gasteiger partial charge on any atom is -0.352 e. The van der Waals surface area contributed by atoms with Crippen molar-refractivity contribution in [2.24, 2.45) is 0 Å². The molecular formula is C21H27N5O3. The first kappa shape index (κ1) is 19.6. The Kier molecular flexibility index (Phi) is 5.36. The fourth-order valence-corrected chi connectivity index (χ4v) is 4.33. The maximum absolute atomic E-state index is 13.0. The monoisotopic (exact) mass is 397 g/mol. The van der Waals surface area contributed by atoms with E-state index in [-0.39, 0.29) is 11.8 Å². The average Bonchev–Trinajstić information content (AvgIpc) is 3.25. The van der Waals surface area contributed by atoms with Crippen LogP contribution in [0.3, 0.4) is 0 Å². The van der Waals surface area contributed by atoms with Gasteiger partial charge in [0.1, 0.15) is 17.1 Å². The van der Waals surface area contributed by atoms with Gasteiger partial charge in [0.05, 0.1) is 6.54 Å². The second kappa shape index (κ2) is 7.94. The zero-order chi connectivity index (χ0) is 20.4. The fraction of sp³-hybridized carbons (Fsp3) is 0.524. The minimum absolute atomic E-state index is 0.0146. The largest absolute Gasteiger partial charge is 0.352 e. The lowest BCUT2D eigenvalue weighted by molar-refractivity contribution is -0.179. The van der Waals surface area contributed by atoms with Crippen LogP contribution in [0.4, 0.5) is 0 Å². The van der Waals surface area contributed by atoms with E-state index in [1.54, 1.807) is 34.3 Å². The highest BCUT2D eigenvalue weighted by atomic mass is 16.5. The van der Waals surface area contributed by atoms with E-state index in [0.29, 0.717) is 51.3 Å². The first-order valence-electron chi connectivity index (χ1n) is 10.3. The highest BCUT2D eigenvalue weighted by Gasteiger charge is 2.48. The summed E-state index contributed by atoms with van der Waals surface area (Å²) in [4.78, 5) is 38.0. The number of likely N-dealkylation sites (N-methyl/N-ethyl adjacent to an activating group) is 1. The molecule has 2 aromatic rings. The number of imidazole rings is 1. The topological polar surface area (TPSA) is 80.6 Å². The van der Waals surface area contributed by atoms with Crippen molar-refractivity contribution in [3.05, 3.63) is 48.3 Å². The summed E-state index contributed by atoms with van der Waals surface area (Å²) in [6, 6.07) is 5.34. The van der Waals surface area contributed by atoms with E-state index in [1.165, 1.54) is 0 Å². The van der Waals surface area contributed by atoms with Gasteiger partial charge in [0.15, 0.2) is 6.10 Å². The predicted molar refractivity (Wildman–Crippen MR) is 106 cm³/mol. The number of aromatic nitrogens is 3. The van der Waals surface area contributed by atoms with Crippen molar-refractivity contribution in [2.75, 3.05) is 26.2 Å². The van der Waals surface area contributed by atoms with Crippen LogP contribution in [0.2, 0.25) is 0 Å². The fourth-order valence-electron chi connectivity index (χ4n) is 4.33. The third-order valence-corrected chi connectivity index (χ3v) is 5.95. The molecule has 2 aliphatic rings. The van der Waals surface area contributed by atoms with Crippen LogP contribution in [0.15, 0.2) is 36.8 Å². The van der Waals surface area contributed by atoms with Gasteiger partial charge in [0.25, 0.3) is 11.8 Å². The summed E-state index contributed by atoms with van der Waals surface area (Å²) in [7, 11) is 0. The quantitative estimate of drug-likeness (QED) is 0.784. The van der Waals surface area contributed by atoms with Crippen LogP contribution in [0.25, 0.3) is 0 Å². The lowest BCUT2D eigenvalue weighted by Crippen LogP contribution is -2.55. The number of amides is 2. The van der Waals surface area contributed by atoms with Crippen LogP contribution in [0.1, 0.15) is 43.0 Å². The van der Waals surface area contributed by atoms with E-state index in [9.17, 15) is 9.59 Å². The van der Waals surface area contributed by atoms with Crippen molar-refractivity contribution >= 4 is 11.8 Å². The van der Waals surface area contributed by atoms with E-state index in [1.807, 2.05) is 30.7 Å². The van der Waals surface area contributed by atoms with Gasteiger partial charge in [-0.05, 0) is 26.0 Å². The Morgan fingerprint density at radius 2 is 1.93 bits per heavy atom. The number of carbonyl (C=O) groups excluding carboxylic acids is 2. The van der Waals surface area contributed by atoms with E-state index in [4.69, 9.17) is 4.74 Å². The molecule has 154 valence electrons. The molecule has 0 saturated carbocycles. The van der Waals surface area contributed by atoms with Gasteiger partial charge in [-0.15, -0.1) is 0 Å². The number of piperidine rings is 1. The van der Waals surface area contributed by atoms with Crippen molar-refractivity contribution in [1.29, 1.82) is 0 Å². The lowest BCUT2D eigenvalue weighted by atomic mass is 9.88. The molecule has 0 unspecified atom stereocenters. The van der Waals surface area contributed by atoms with Crippen LogP contribution in [-0.2, 0) is 21.7 Å². The molecule has 4 heterocycles. The minimum atomic E-state index is -0.643. The molecule has 4 rings (SSSR count). The molecular weight excluding hydrogens is 370 g/mol. The number of carbonyl (C=O) groups is 2. The van der Waals surface area contributed by atoms with Gasteiger partial charge >= 0.3 is 0 Å². The summed E-state index contributed by atoms with van der Waals surface area (Å²) < 4.78 is 8.49. The summed E-state index contributed by atoms with van der Waals surface area (Å²) in [6.07, 6.45) is 5.97. The van der Waals surface area contributed by atoms with E-state index >= 15 is 0 Å². The maximum Gasteiger partial charge on any atom is 0.272 e. The van der Waals surface area contributed by atoms with Gasteiger partial charge in [0, 0.05) is 57.6 Å². The van der Waals surface area contributed by atoms with Crippen LogP contribution in [-0.4, -0.2) is 68.4 Å². The molecule has 1 atom stereocenters. The summed E-state index contributed by atoms with van der Waals surface area (Å²) in [5.74, 6) is 0.794. The van der Waals surface area contributed by atoms with Crippen molar-refractivity contribution in [1.82, 2.24) is 24.3 Å². The van der Waals surface area contributed by atoms with E-state index < -0.39 is 11.7 Å². The van der Waals surface area contributed by atoms with Gasteiger partial charge < -0.3 is 19.1 Å². The van der Waals surface area contributed by atoms with Crippen LogP contribution < -0.4 is 0 Å². The van der Waals surface area contributed by atoms with Gasteiger partial charge in [-0.3, -0.25) is 14.6 Å². The van der Waals surface area contributed by atoms with Gasteiger partial charge in [-0.2, -0.15) is 0 Å². The second-order valence-electron chi connectivity index (χ2n) is 7.52. The number of hydrogen-bond acceptors (Lipinski definition) is 5. The Morgan fingerprint density at radius 1 is 1.17 bits per heavy atom. The first-order chi connectivity index (χ1) is 14.1. The Morgan fingerprint density at radius 3 is 2.59 bits per heavy atom. The third kappa shape index (κ3) is 3.53. The smallest absolute Gasteiger partial charge is 0.272 e. The van der Waals surface area contributed by atoms with Crippen LogP contribution in [0, 0.1) is 0 Å². The van der Waals surface area contributed by atoms with Crippen molar-refractivity contribution in [3.8, 4) is 0 Å². The van der Waals surface area contributed by atoms with E-state index in [0.717, 1.165) is 5.82 Å². The molecule has 2 amide bonds. The summed E-state index contributed by atoms with van der Waals surface area (Å²) in [5, 5.41) is 0. The normalized spacial score (nSPS) is 20.3. The molecule has 0 radical (unpaired) electrons. The molecule has 0 aromatic carbocycles. The van der Waals surface area contributed by atoms with Gasteiger partial charge in [0.2, 0.25) is 0 Å². The molecule has 0 N–H and O–H groups in total. The standard InChI is InChI=1S/C21H27N5O3/c1-3-24(4-2)19(28)17-15-26-14-11-23-20(26)21(29-17)8-12-25(13-9-21)18(27)16-7-5-6-10-22-16/h5-7,10-11,14,17H,3-4,8-9,12-13,15H2,1-2H3/t17-/m1/s1. The molecule has 1 spiro atoms. The molecule has 29 heavy (non-hydrogen) atoms. The number of pyridine rings is 1. The zero-order valence-electron chi connectivity index (χ0n) is 17.0. The summed E-state index contributed by atoms with van der Waals surface area (Å²) in [5.41, 5.74) is -0.194. The van der Waals surface area contributed by atoms with E-state index in [2.05, 4.69) is 9.97 Å². The summed E-state index contributed by atoms with van der Waals surface area (Å²) in [6.45, 7) is 6.82. The summed E-state index contributed by atoms with van der Waals surface area (Å²) >= 11 is 0. The molecule has 0 bridgehead atoms. The van der Waals surface area contributed by atoms with Gasteiger partial charge in [-0.1, -0.05) is 6.07 Å². The zero-order valence-corrected chi connectivity index (χ0v) is 17.0. The lowest BCUT2D eigenvalue weighted by Gasteiger charge is -2.46. The van der Waals surface area contributed by atoms with Crippen molar-refractivity contribution < 1.29 is 14.3 Å².